The number of hydrogen-bond acceptors (Lipinski definition) is 1. The molecule has 72 valence electrons. The van der Waals surface area contributed by atoms with E-state index in [9.17, 15) is 5.11 Å². The Morgan fingerprint density at radius 3 is 2.25 bits per heavy atom. The fraction of sp³-hybridized carbons (Fsp3) is 1.00. The standard InChI is InChI=1S/C8H13BrCl2O/c1-7(2)3-5(9)4-8(10,11)6(7)12/h5-6,12H,3-4H2,1-2H3/t5-,6-/m0/s1. The lowest BCUT2D eigenvalue weighted by atomic mass is 9.74. The van der Waals surface area contributed by atoms with Gasteiger partial charge in [-0.05, 0) is 18.3 Å². The second kappa shape index (κ2) is 3.30. The van der Waals surface area contributed by atoms with Crippen molar-refractivity contribution < 1.29 is 5.11 Å². The van der Waals surface area contributed by atoms with Crippen molar-refractivity contribution in [3.05, 3.63) is 0 Å². The summed E-state index contributed by atoms with van der Waals surface area (Å²) >= 11 is 15.5. The van der Waals surface area contributed by atoms with Crippen LogP contribution in [0.3, 0.4) is 0 Å². The average molecular weight is 276 g/mol. The summed E-state index contributed by atoms with van der Waals surface area (Å²) in [6, 6.07) is 0. The van der Waals surface area contributed by atoms with Gasteiger partial charge >= 0.3 is 0 Å². The molecule has 0 amide bonds. The molecule has 4 heteroatoms. The van der Waals surface area contributed by atoms with E-state index in [4.69, 9.17) is 23.2 Å². The van der Waals surface area contributed by atoms with Crippen LogP contribution in [-0.4, -0.2) is 20.4 Å². The molecule has 0 saturated heterocycles. The van der Waals surface area contributed by atoms with Gasteiger partial charge in [-0.1, -0.05) is 53.0 Å². The van der Waals surface area contributed by atoms with Crippen molar-refractivity contribution in [2.45, 2.75) is 42.0 Å². The highest BCUT2D eigenvalue weighted by Crippen LogP contribution is 2.49. The molecular weight excluding hydrogens is 263 g/mol. The van der Waals surface area contributed by atoms with Crippen LogP contribution in [0.15, 0.2) is 0 Å². The van der Waals surface area contributed by atoms with Gasteiger partial charge in [0.25, 0.3) is 0 Å². The van der Waals surface area contributed by atoms with Gasteiger partial charge in [0.15, 0.2) is 0 Å². The number of halogens is 3. The highest BCUT2D eigenvalue weighted by atomic mass is 79.9. The maximum Gasteiger partial charge on any atom is 0.145 e. The predicted octanol–water partition coefficient (Wildman–Crippen LogP) is 3.10. The van der Waals surface area contributed by atoms with E-state index in [2.05, 4.69) is 15.9 Å². The highest BCUT2D eigenvalue weighted by molar-refractivity contribution is 9.09. The molecule has 0 heterocycles. The molecule has 0 unspecified atom stereocenters. The maximum atomic E-state index is 9.80. The molecule has 12 heavy (non-hydrogen) atoms. The zero-order valence-corrected chi connectivity index (χ0v) is 10.2. The maximum absolute atomic E-state index is 9.80. The van der Waals surface area contributed by atoms with Gasteiger partial charge in [0, 0.05) is 4.83 Å². The molecule has 0 aliphatic heterocycles. The summed E-state index contributed by atoms with van der Waals surface area (Å²) in [5.41, 5.74) is -0.212. The summed E-state index contributed by atoms with van der Waals surface area (Å²) < 4.78 is -1.00. The van der Waals surface area contributed by atoms with Crippen LogP contribution in [0.4, 0.5) is 0 Å². The predicted molar refractivity (Wildman–Crippen MR) is 56.2 cm³/mol. The van der Waals surface area contributed by atoms with Crippen molar-refractivity contribution >= 4 is 39.1 Å². The lowest BCUT2D eigenvalue weighted by Crippen LogP contribution is -2.49. The Morgan fingerprint density at radius 1 is 1.33 bits per heavy atom. The Balaban J connectivity index is 2.84. The summed E-state index contributed by atoms with van der Waals surface area (Å²) in [6.45, 7) is 3.95. The molecule has 1 N–H and O–H groups in total. The van der Waals surface area contributed by atoms with E-state index in [-0.39, 0.29) is 5.41 Å². The topological polar surface area (TPSA) is 20.2 Å². The van der Waals surface area contributed by atoms with Crippen LogP contribution >= 0.6 is 39.1 Å². The summed E-state index contributed by atoms with van der Waals surface area (Å²) in [5, 5.41) is 9.80. The summed E-state index contributed by atoms with van der Waals surface area (Å²) in [4.78, 5) is 0.297. The van der Waals surface area contributed by atoms with E-state index in [0.29, 0.717) is 11.2 Å². The molecule has 1 nitrogen and oxygen atoms in total. The number of aliphatic hydroxyl groups is 1. The summed E-state index contributed by atoms with van der Waals surface area (Å²) in [7, 11) is 0. The van der Waals surface area contributed by atoms with E-state index in [1.54, 1.807) is 0 Å². The van der Waals surface area contributed by atoms with Crippen LogP contribution in [0.5, 0.6) is 0 Å². The van der Waals surface area contributed by atoms with Crippen LogP contribution in [0.1, 0.15) is 26.7 Å². The van der Waals surface area contributed by atoms with Gasteiger partial charge in [0.1, 0.15) is 4.33 Å². The van der Waals surface area contributed by atoms with Crippen LogP contribution in [-0.2, 0) is 0 Å². The average Bonchev–Trinajstić information content (AvgIpc) is 1.80. The number of alkyl halides is 3. The van der Waals surface area contributed by atoms with Gasteiger partial charge in [-0.15, -0.1) is 0 Å². The van der Waals surface area contributed by atoms with Crippen molar-refractivity contribution in [2.24, 2.45) is 5.41 Å². The Bertz CT molecular complexity index is 164. The van der Waals surface area contributed by atoms with E-state index < -0.39 is 10.4 Å². The van der Waals surface area contributed by atoms with Crippen LogP contribution in [0, 0.1) is 5.41 Å². The van der Waals surface area contributed by atoms with Crippen molar-refractivity contribution in [2.75, 3.05) is 0 Å². The van der Waals surface area contributed by atoms with Crippen LogP contribution < -0.4 is 0 Å². The van der Waals surface area contributed by atoms with E-state index >= 15 is 0 Å². The Kier molecular flexibility index (Phi) is 3.06. The first-order valence-electron chi connectivity index (χ1n) is 3.96. The summed E-state index contributed by atoms with van der Waals surface area (Å²) in [6.07, 6.45) is 0.845. The molecule has 1 aliphatic rings. The fourth-order valence-electron chi connectivity index (χ4n) is 1.73. The monoisotopic (exact) mass is 274 g/mol. The van der Waals surface area contributed by atoms with Crippen molar-refractivity contribution in [1.82, 2.24) is 0 Å². The third-order valence-corrected chi connectivity index (χ3v) is 3.75. The largest absolute Gasteiger partial charge is 0.389 e. The fourth-order valence-corrected chi connectivity index (χ4v) is 4.41. The molecule has 0 bridgehead atoms. The Labute approximate surface area is 91.6 Å². The second-order valence-electron chi connectivity index (χ2n) is 4.16. The van der Waals surface area contributed by atoms with Gasteiger partial charge in [0.2, 0.25) is 0 Å². The smallest absolute Gasteiger partial charge is 0.145 e. The van der Waals surface area contributed by atoms with E-state index in [1.165, 1.54) is 0 Å². The zero-order chi connectivity index (χ0) is 9.57. The third-order valence-electron chi connectivity index (χ3n) is 2.38. The van der Waals surface area contributed by atoms with E-state index in [1.807, 2.05) is 13.8 Å². The Morgan fingerprint density at radius 2 is 1.83 bits per heavy atom. The Hall–Kier alpha value is 1.02. The number of hydrogen-bond donors (Lipinski definition) is 1. The van der Waals surface area contributed by atoms with Gasteiger partial charge in [-0.3, -0.25) is 0 Å². The van der Waals surface area contributed by atoms with Crippen molar-refractivity contribution in [3.63, 3.8) is 0 Å². The molecule has 0 spiro atoms. The second-order valence-corrected chi connectivity index (χ2v) is 7.00. The molecule has 1 rings (SSSR count). The van der Waals surface area contributed by atoms with Crippen LogP contribution in [0.25, 0.3) is 0 Å². The van der Waals surface area contributed by atoms with Crippen LogP contribution in [0.2, 0.25) is 0 Å². The van der Waals surface area contributed by atoms with E-state index in [0.717, 1.165) is 6.42 Å². The minimum atomic E-state index is -1.00. The van der Waals surface area contributed by atoms with Gasteiger partial charge in [-0.25, -0.2) is 0 Å². The van der Waals surface area contributed by atoms with Gasteiger partial charge < -0.3 is 5.11 Å². The minimum Gasteiger partial charge on any atom is -0.389 e. The van der Waals surface area contributed by atoms with Crippen molar-refractivity contribution in [1.29, 1.82) is 0 Å². The molecule has 1 saturated carbocycles. The first kappa shape index (κ1) is 11.1. The molecular formula is C8H13BrCl2O. The normalized spacial score (nSPS) is 39.5. The minimum absolute atomic E-state index is 0.212. The molecule has 1 fully saturated rings. The van der Waals surface area contributed by atoms with Gasteiger partial charge in [0.05, 0.1) is 6.10 Å². The zero-order valence-electron chi connectivity index (χ0n) is 7.15. The lowest BCUT2D eigenvalue weighted by molar-refractivity contribution is 0.00860. The first-order valence-corrected chi connectivity index (χ1v) is 5.63. The van der Waals surface area contributed by atoms with Gasteiger partial charge in [-0.2, -0.15) is 0 Å². The third kappa shape index (κ3) is 2.09. The highest BCUT2D eigenvalue weighted by Gasteiger charge is 2.49. The number of aliphatic hydroxyl groups excluding tert-OH is 1. The number of rotatable bonds is 0. The molecule has 0 aromatic rings. The quantitative estimate of drug-likeness (QED) is 0.674. The SMILES string of the molecule is CC1(C)C[C@H](Br)CC(Cl)(Cl)[C@H]1O. The molecule has 2 atom stereocenters. The summed E-state index contributed by atoms with van der Waals surface area (Å²) in [5.74, 6) is 0. The first-order chi connectivity index (χ1) is 5.26. The lowest BCUT2D eigenvalue weighted by Gasteiger charge is -2.44. The molecule has 1 aliphatic carbocycles. The molecule has 0 aromatic heterocycles. The molecule has 0 aromatic carbocycles. The molecule has 0 radical (unpaired) electrons. The van der Waals surface area contributed by atoms with Crippen molar-refractivity contribution in [3.8, 4) is 0 Å².